The minimum Gasteiger partial charge on any atom is -0.415 e. The molecule has 0 unspecified atom stereocenters. The molecular formula is C7H6F3N3O. The second-order valence-corrected chi connectivity index (χ2v) is 2.68. The first-order chi connectivity index (χ1) is 6.36. The number of hydrogen-bond donors (Lipinski definition) is 0. The fourth-order valence-corrected chi connectivity index (χ4v) is 0.809. The maximum Gasteiger partial charge on any atom is 0.469 e. The molecule has 0 bridgehead atoms. The second-order valence-electron chi connectivity index (χ2n) is 2.68. The van der Waals surface area contributed by atoms with E-state index in [1.165, 1.54) is 25.1 Å². The highest BCUT2D eigenvalue weighted by atomic mass is 19.4. The lowest BCUT2D eigenvalue weighted by Crippen LogP contribution is -2.09. The van der Waals surface area contributed by atoms with Crippen molar-refractivity contribution in [2.75, 3.05) is 19.0 Å². The summed E-state index contributed by atoms with van der Waals surface area (Å²) in [6, 6.07) is 1.52. The van der Waals surface area contributed by atoms with Crippen LogP contribution in [0.2, 0.25) is 0 Å². The van der Waals surface area contributed by atoms with E-state index in [2.05, 4.69) is 9.40 Å². The van der Waals surface area contributed by atoms with E-state index in [-0.39, 0.29) is 11.6 Å². The minimum absolute atomic E-state index is 0.195. The van der Waals surface area contributed by atoms with Crippen molar-refractivity contribution in [1.29, 1.82) is 5.26 Å². The van der Waals surface area contributed by atoms with Gasteiger partial charge in [0.2, 0.25) is 11.6 Å². The van der Waals surface area contributed by atoms with Gasteiger partial charge in [-0.1, -0.05) is 0 Å². The Morgan fingerprint density at radius 2 is 2.00 bits per heavy atom. The van der Waals surface area contributed by atoms with Gasteiger partial charge in [-0.15, -0.1) is 0 Å². The molecule has 4 nitrogen and oxygen atoms in total. The van der Waals surface area contributed by atoms with Crippen molar-refractivity contribution in [3.63, 3.8) is 0 Å². The second kappa shape index (κ2) is 3.21. The molecule has 0 radical (unpaired) electrons. The fraction of sp³-hybridized carbons (Fsp3) is 0.429. The molecule has 0 aromatic carbocycles. The summed E-state index contributed by atoms with van der Waals surface area (Å²) in [7, 11) is 2.92. The van der Waals surface area contributed by atoms with Crippen LogP contribution in [0.4, 0.5) is 19.1 Å². The average Bonchev–Trinajstić information content (AvgIpc) is 2.45. The van der Waals surface area contributed by atoms with Crippen molar-refractivity contribution in [3.05, 3.63) is 11.6 Å². The molecule has 1 rings (SSSR count). The molecule has 14 heavy (non-hydrogen) atoms. The van der Waals surface area contributed by atoms with Gasteiger partial charge in [0.25, 0.3) is 0 Å². The van der Waals surface area contributed by atoms with E-state index in [0.717, 1.165) is 0 Å². The topological polar surface area (TPSA) is 53.1 Å². The maximum atomic E-state index is 12.1. The zero-order valence-corrected chi connectivity index (χ0v) is 7.38. The SMILES string of the molecule is CN(C)c1oc(C(F)(F)F)nc1C#N. The molecule has 7 heteroatoms. The lowest BCUT2D eigenvalue weighted by atomic mass is 10.5. The predicted octanol–water partition coefficient (Wildman–Crippen LogP) is 1.63. The highest BCUT2D eigenvalue weighted by molar-refractivity contribution is 5.46. The number of nitriles is 1. The highest BCUT2D eigenvalue weighted by Crippen LogP contribution is 2.32. The van der Waals surface area contributed by atoms with E-state index in [1.807, 2.05) is 0 Å². The van der Waals surface area contributed by atoms with Crippen LogP contribution in [0.25, 0.3) is 0 Å². The third-order valence-electron chi connectivity index (χ3n) is 1.36. The van der Waals surface area contributed by atoms with Crippen LogP contribution in [0.5, 0.6) is 0 Å². The van der Waals surface area contributed by atoms with Crippen LogP contribution < -0.4 is 4.90 Å². The van der Waals surface area contributed by atoms with Gasteiger partial charge in [-0.25, -0.2) is 0 Å². The van der Waals surface area contributed by atoms with E-state index in [4.69, 9.17) is 5.26 Å². The third-order valence-corrected chi connectivity index (χ3v) is 1.36. The van der Waals surface area contributed by atoms with Crippen molar-refractivity contribution < 1.29 is 17.6 Å². The lowest BCUT2D eigenvalue weighted by Gasteiger charge is -2.06. The van der Waals surface area contributed by atoms with Crippen LogP contribution in [0.15, 0.2) is 4.42 Å². The summed E-state index contributed by atoms with van der Waals surface area (Å²) in [6.07, 6.45) is -4.67. The Labute approximate surface area is 77.6 Å². The smallest absolute Gasteiger partial charge is 0.415 e. The largest absolute Gasteiger partial charge is 0.469 e. The van der Waals surface area contributed by atoms with Gasteiger partial charge in [0, 0.05) is 14.1 Å². The Hall–Kier alpha value is -1.71. The van der Waals surface area contributed by atoms with Gasteiger partial charge >= 0.3 is 12.1 Å². The molecule has 1 heterocycles. The van der Waals surface area contributed by atoms with Crippen molar-refractivity contribution in [1.82, 2.24) is 4.98 Å². The zero-order valence-electron chi connectivity index (χ0n) is 7.38. The molecule has 0 aliphatic rings. The zero-order chi connectivity index (χ0) is 10.9. The molecular weight excluding hydrogens is 199 g/mol. The average molecular weight is 205 g/mol. The number of alkyl halides is 3. The predicted molar refractivity (Wildman–Crippen MR) is 40.5 cm³/mol. The Balaban J connectivity index is 3.22. The molecule has 76 valence electrons. The van der Waals surface area contributed by atoms with Gasteiger partial charge in [-0.05, 0) is 0 Å². The van der Waals surface area contributed by atoms with Crippen molar-refractivity contribution in [3.8, 4) is 6.07 Å². The Morgan fingerprint density at radius 3 is 2.29 bits per heavy atom. The molecule has 1 aromatic rings. The number of rotatable bonds is 1. The van der Waals surface area contributed by atoms with Gasteiger partial charge in [-0.3, -0.25) is 0 Å². The first kappa shape index (κ1) is 10.4. The number of oxazole rings is 1. The molecule has 0 spiro atoms. The molecule has 0 aliphatic heterocycles. The van der Waals surface area contributed by atoms with Crippen molar-refractivity contribution in [2.24, 2.45) is 0 Å². The first-order valence-corrected chi connectivity index (χ1v) is 3.51. The normalized spacial score (nSPS) is 11.1. The highest BCUT2D eigenvalue weighted by Gasteiger charge is 2.39. The third kappa shape index (κ3) is 1.79. The van der Waals surface area contributed by atoms with E-state index in [1.54, 1.807) is 0 Å². The summed E-state index contributed by atoms with van der Waals surface area (Å²) in [5.74, 6) is -1.60. The monoisotopic (exact) mass is 205 g/mol. The Bertz CT molecular complexity index is 375. The fourth-order valence-electron chi connectivity index (χ4n) is 0.809. The Morgan fingerprint density at radius 1 is 1.43 bits per heavy atom. The standard InChI is InChI=1S/C7H6F3N3O/c1-13(2)5-4(3-11)12-6(14-5)7(8,9)10/h1-2H3. The van der Waals surface area contributed by atoms with E-state index in [0.29, 0.717) is 0 Å². The van der Waals surface area contributed by atoms with Crippen LogP contribution in [-0.4, -0.2) is 19.1 Å². The molecule has 0 N–H and O–H groups in total. The van der Waals surface area contributed by atoms with E-state index < -0.39 is 12.1 Å². The van der Waals surface area contributed by atoms with Gasteiger partial charge in [0.05, 0.1) is 0 Å². The van der Waals surface area contributed by atoms with E-state index in [9.17, 15) is 13.2 Å². The number of halogens is 3. The molecule has 0 saturated heterocycles. The lowest BCUT2D eigenvalue weighted by molar-refractivity contribution is -0.156. The summed E-state index contributed by atoms with van der Waals surface area (Å²) in [5, 5.41) is 8.48. The van der Waals surface area contributed by atoms with Crippen LogP contribution in [0.3, 0.4) is 0 Å². The quantitative estimate of drug-likeness (QED) is 0.699. The van der Waals surface area contributed by atoms with Gasteiger partial charge in [-0.2, -0.15) is 23.4 Å². The molecule has 0 amide bonds. The van der Waals surface area contributed by atoms with Crippen LogP contribution in [0, 0.1) is 11.3 Å². The summed E-state index contributed by atoms with van der Waals surface area (Å²) in [6.45, 7) is 0. The van der Waals surface area contributed by atoms with Gasteiger partial charge in [0.15, 0.2) is 0 Å². The minimum atomic E-state index is -4.67. The molecule has 0 fully saturated rings. The van der Waals surface area contributed by atoms with Crippen LogP contribution in [-0.2, 0) is 6.18 Å². The van der Waals surface area contributed by atoms with Crippen molar-refractivity contribution >= 4 is 5.88 Å². The summed E-state index contributed by atoms with van der Waals surface area (Å²) in [4.78, 5) is 4.28. The number of anilines is 1. The maximum absolute atomic E-state index is 12.1. The summed E-state index contributed by atoms with van der Waals surface area (Å²) >= 11 is 0. The number of nitrogens with zero attached hydrogens (tertiary/aromatic N) is 3. The summed E-state index contributed by atoms with van der Waals surface area (Å²) in [5.41, 5.74) is -0.373. The molecule has 0 aliphatic carbocycles. The van der Waals surface area contributed by atoms with E-state index >= 15 is 0 Å². The van der Waals surface area contributed by atoms with Gasteiger partial charge in [0.1, 0.15) is 6.07 Å². The molecule has 0 atom stereocenters. The van der Waals surface area contributed by atoms with Crippen LogP contribution >= 0.6 is 0 Å². The number of aromatic nitrogens is 1. The number of hydrogen-bond acceptors (Lipinski definition) is 4. The Kier molecular flexibility index (Phi) is 2.38. The first-order valence-electron chi connectivity index (χ1n) is 3.51. The molecule has 0 saturated carbocycles. The summed E-state index contributed by atoms with van der Waals surface area (Å²) < 4.78 is 40.7. The van der Waals surface area contributed by atoms with Crippen molar-refractivity contribution in [2.45, 2.75) is 6.18 Å². The molecule has 1 aromatic heterocycles. The van der Waals surface area contributed by atoms with Crippen LogP contribution in [0.1, 0.15) is 11.6 Å². The van der Waals surface area contributed by atoms with Gasteiger partial charge < -0.3 is 9.32 Å².